The Morgan fingerprint density at radius 3 is 2.52 bits per heavy atom. The van der Waals surface area contributed by atoms with Crippen molar-refractivity contribution in [2.45, 2.75) is 26.9 Å². The maximum Gasteiger partial charge on any atom is 0.341 e. The van der Waals surface area contributed by atoms with Gasteiger partial charge < -0.3 is 15.8 Å². The second-order valence-corrected chi connectivity index (χ2v) is 6.93. The highest BCUT2D eigenvalue weighted by molar-refractivity contribution is 7.18. The van der Waals surface area contributed by atoms with E-state index in [9.17, 15) is 14.4 Å². The van der Waals surface area contributed by atoms with Crippen molar-refractivity contribution in [3.63, 3.8) is 0 Å². The number of amides is 2. The summed E-state index contributed by atoms with van der Waals surface area (Å²) in [6.07, 6.45) is 0.970. The van der Waals surface area contributed by atoms with E-state index in [4.69, 9.17) is 22.1 Å². The van der Waals surface area contributed by atoms with Crippen LogP contribution in [0.3, 0.4) is 0 Å². The van der Waals surface area contributed by atoms with Crippen molar-refractivity contribution in [2.24, 2.45) is 12.8 Å². The number of ether oxygens (including phenoxy) is 1. The van der Waals surface area contributed by atoms with Gasteiger partial charge in [0.05, 0.1) is 27.8 Å². The SMILES string of the molecule is Cc1c(C(N)=O)sc(NC(=O)c2c(Cl)cnn2C)c1C(=O)OC(C)C. The van der Waals surface area contributed by atoms with Crippen LogP contribution >= 0.6 is 22.9 Å². The van der Waals surface area contributed by atoms with Crippen molar-refractivity contribution < 1.29 is 19.1 Å². The number of carbonyl (C=O) groups excluding carboxylic acids is 3. The van der Waals surface area contributed by atoms with E-state index >= 15 is 0 Å². The van der Waals surface area contributed by atoms with Crippen LogP contribution in [0.4, 0.5) is 5.00 Å². The number of esters is 1. The van der Waals surface area contributed by atoms with Crippen LogP contribution in [0.25, 0.3) is 0 Å². The molecule has 2 aromatic heterocycles. The van der Waals surface area contributed by atoms with E-state index in [0.717, 1.165) is 11.3 Å². The fourth-order valence-corrected chi connectivity index (χ4v) is 3.48. The van der Waals surface area contributed by atoms with Gasteiger partial charge in [0, 0.05) is 7.05 Å². The van der Waals surface area contributed by atoms with Gasteiger partial charge in [-0.25, -0.2) is 4.79 Å². The molecule has 134 valence electrons. The number of nitrogens with two attached hydrogens (primary N) is 1. The number of hydrogen-bond donors (Lipinski definition) is 2. The van der Waals surface area contributed by atoms with Crippen molar-refractivity contribution in [3.05, 3.63) is 32.9 Å². The van der Waals surface area contributed by atoms with Gasteiger partial charge in [-0.3, -0.25) is 14.3 Å². The summed E-state index contributed by atoms with van der Waals surface area (Å²) in [6, 6.07) is 0. The molecule has 0 aliphatic rings. The van der Waals surface area contributed by atoms with E-state index in [-0.39, 0.29) is 32.3 Å². The minimum absolute atomic E-state index is 0.0964. The lowest BCUT2D eigenvalue weighted by molar-refractivity contribution is 0.0379. The van der Waals surface area contributed by atoms with Crippen LogP contribution in [0.5, 0.6) is 0 Å². The van der Waals surface area contributed by atoms with Crippen LogP contribution in [0, 0.1) is 6.92 Å². The summed E-state index contributed by atoms with van der Waals surface area (Å²) < 4.78 is 6.50. The summed E-state index contributed by atoms with van der Waals surface area (Å²) in [5.74, 6) is -1.91. The van der Waals surface area contributed by atoms with Gasteiger partial charge in [0.1, 0.15) is 10.7 Å². The van der Waals surface area contributed by atoms with Gasteiger partial charge in [0.2, 0.25) is 0 Å². The van der Waals surface area contributed by atoms with Gasteiger partial charge in [0.15, 0.2) is 0 Å². The van der Waals surface area contributed by atoms with Crippen LogP contribution in [-0.2, 0) is 11.8 Å². The molecule has 0 bridgehead atoms. The van der Waals surface area contributed by atoms with E-state index in [1.165, 1.54) is 10.9 Å². The number of nitrogens with one attached hydrogen (secondary N) is 1. The molecule has 2 rings (SSSR count). The molecule has 0 saturated carbocycles. The van der Waals surface area contributed by atoms with E-state index < -0.39 is 17.8 Å². The fourth-order valence-electron chi connectivity index (χ4n) is 2.18. The number of aromatic nitrogens is 2. The molecule has 3 N–H and O–H groups in total. The van der Waals surface area contributed by atoms with Crippen molar-refractivity contribution in [3.8, 4) is 0 Å². The average molecular weight is 385 g/mol. The summed E-state index contributed by atoms with van der Waals surface area (Å²) in [7, 11) is 1.56. The Morgan fingerprint density at radius 1 is 1.40 bits per heavy atom. The zero-order valence-electron chi connectivity index (χ0n) is 14.0. The van der Waals surface area contributed by atoms with Crippen LogP contribution in [-0.4, -0.2) is 33.7 Å². The molecule has 0 radical (unpaired) electrons. The number of thiophene rings is 1. The minimum atomic E-state index is -0.694. The van der Waals surface area contributed by atoms with E-state index in [2.05, 4.69) is 10.4 Å². The number of halogens is 1. The topological polar surface area (TPSA) is 116 Å². The smallest absolute Gasteiger partial charge is 0.341 e. The van der Waals surface area contributed by atoms with Gasteiger partial charge in [0.25, 0.3) is 11.8 Å². The lowest BCUT2D eigenvalue weighted by Gasteiger charge is -2.10. The zero-order valence-corrected chi connectivity index (χ0v) is 15.6. The van der Waals surface area contributed by atoms with Crippen LogP contribution in [0.1, 0.15) is 49.9 Å². The third-order valence-corrected chi connectivity index (χ3v) is 4.75. The van der Waals surface area contributed by atoms with Crippen molar-refractivity contribution in [1.82, 2.24) is 9.78 Å². The van der Waals surface area contributed by atoms with Gasteiger partial charge in [-0.1, -0.05) is 11.6 Å². The molecule has 2 heterocycles. The van der Waals surface area contributed by atoms with Crippen LogP contribution in [0.15, 0.2) is 6.20 Å². The molecule has 0 fully saturated rings. The lowest BCUT2D eigenvalue weighted by atomic mass is 10.1. The van der Waals surface area contributed by atoms with Crippen LogP contribution in [0.2, 0.25) is 5.02 Å². The number of hydrogen-bond acceptors (Lipinski definition) is 6. The van der Waals surface area contributed by atoms with Gasteiger partial charge in [-0.05, 0) is 26.3 Å². The molecule has 25 heavy (non-hydrogen) atoms. The van der Waals surface area contributed by atoms with Crippen molar-refractivity contribution in [2.75, 3.05) is 5.32 Å². The summed E-state index contributed by atoms with van der Waals surface area (Å²) >= 11 is 6.86. The Labute approximate surface area is 152 Å². The van der Waals surface area contributed by atoms with Gasteiger partial charge >= 0.3 is 5.97 Å². The maximum atomic E-state index is 12.5. The quantitative estimate of drug-likeness (QED) is 0.767. The summed E-state index contributed by atoms with van der Waals surface area (Å²) in [5.41, 5.74) is 5.92. The highest BCUT2D eigenvalue weighted by Gasteiger charge is 2.27. The molecular weight excluding hydrogens is 368 g/mol. The molecule has 2 amide bonds. The molecule has 0 saturated heterocycles. The first-order valence-electron chi connectivity index (χ1n) is 7.26. The lowest BCUT2D eigenvalue weighted by Crippen LogP contribution is -2.19. The molecule has 10 heteroatoms. The van der Waals surface area contributed by atoms with Gasteiger partial charge in [-0.2, -0.15) is 5.10 Å². The van der Waals surface area contributed by atoms with Crippen molar-refractivity contribution >= 4 is 45.7 Å². The highest BCUT2D eigenvalue weighted by Crippen LogP contribution is 2.34. The Morgan fingerprint density at radius 2 is 2.04 bits per heavy atom. The zero-order chi connectivity index (χ0) is 18.9. The third kappa shape index (κ3) is 3.83. The Kier molecular flexibility index (Phi) is 5.48. The molecule has 0 spiro atoms. The second kappa shape index (κ2) is 7.24. The maximum absolute atomic E-state index is 12.5. The Hall–Kier alpha value is -2.39. The predicted octanol–water partition coefficient (Wildman–Crippen LogP) is 2.36. The molecule has 8 nitrogen and oxygen atoms in total. The predicted molar refractivity (Wildman–Crippen MR) is 94.3 cm³/mol. The molecule has 0 aliphatic heterocycles. The van der Waals surface area contributed by atoms with E-state index in [0.29, 0.717) is 5.56 Å². The fraction of sp³-hybridized carbons (Fsp3) is 0.333. The number of rotatable bonds is 5. The molecule has 0 aromatic carbocycles. The standard InChI is InChI=1S/C15H17ClN4O4S/c1-6(2)24-15(23)9-7(3)11(12(17)21)25-14(9)19-13(22)10-8(16)5-18-20(10)4/h5-6H,1-4H3,(H2,17,21)(H,19,22). The van der Waals surface area contributed by atoms with Crippen LogP contribution < -0.4 is 11.1 Å². The first-order valence-corrected chi connectivity index (χ1v) is 8.45. The third-order valence-electron chi connectivity index (χ3n) is 3.25. The van der Waals surface area contributed by atoms with Gasteiger partial charge in [-0.15, -0.1) is 11.3 Å². The number of aryl methyl sites for hydroxylation is 1. The number of anilines is 1. The highest BCUT2D eigenvalue weighted by atomic mass is 35.5. The number of carbonyl (C=O) groups is 3. The van der Waals surface area contributed by atoms with E-state index in [1.807, 2.05) is 0 Å². The molecule has 2 aromatic rings. The monoisotopic (exact) mass is 384 g/mol. The molecule has 0 atom stereocenters. The minimum Gasteiger partial charge on any atom is -0.459 e. The first kappa shape index (κ1) is 18.9. The summed E-state index contributed by atoms with van der Waals surface area (Å²) in [6.45, 7) is 4.96. The summed E-state index contributed by atoms with van der Waals surface area (Å²) in [5, 5.41) is 6.81. The average Bonchev–Trinajstić information content (AvgIpc) is 2.98. The summed E-state index contributed by atoms with van der Waals surface area (Å²) in [4.78, 5) is 36.6. The molecular formula is C15H17ClN4O4S. The van der Waals surface area contributed by atoms with Crippen molar-refractivity contribution in [1.29, 1.82) is 0 Å². The Balaban J connectivity index is 2.46. The normalized spacial score (nSPS) is 10.8. The van der Waals surface area contributed by atoms with E-state index in [1.54, 1.807) is 27.8 Å². The number of primary amides is 1. The molecule has 0 aliphatic carbocycles. The second-order valence-electron chi connectivity index (χ2n) is 5.50. The largest absolute Gasteiger partial charge is 0.459 e. The number of nitrogens with zero attached hydrogens (tertiary/aromatic N) is 2. The molecule has 0 unspecified atom stereocenters. The Bertz CT molecular complexity index is 837. The first-order chi connectivity index (χ1) is 11.6.